The molecule has 3 aromatic carbocycles. The van der Waals surface area contributed by atoms with Crippen molar-refractivity contribution in [2.45, 2.75) is 18.8 Å². The van der Waals surface area contributed by atoms with Crippen LogP contribution in [0.1, 0.15) is 39.0 Å². The molecular formula is C25H20F4N4O2. The van der Waals surface area contributed by atoms with Gasteiger partial charge in [0.05, 0.1) is 11.4 Å². The van der Waals surface area contributed by atoms with E-state index in [0.717, 1.165) is 10.7 Å². The van der Waals surface area contributed by atoms with Gasteiger partial charge in [-0.25, -0.2) is 9.07 Å². The average Bonchev–Trinajstić information content (AvgIpc) is 3.32. The molecule has 1 aromatic heterocycles. The fraction of sp³-hybridized carbons (Fsp3) is 0.120. The number of nitrogens with one attached hydrogen (secondary N) is 1. The van der Waals surface area contributed by atoms with Crippen molar-refractivity contribution in [3.8, 4) is 5.69 Å². The third-order valence-electron chi connectivity index (χ3n) is 5.29. The lowest BCUT2D eigenvalue weighted by molar-refractivity contribution is -0.141. The Bertz CT molecular complexity index is 1350. The van der Waals surface area contributed by atoms with Crippen LogP contribution in [0.5, 0.6) is 0 Å². The number of alkyl halides is 3. The Morgan fingerprint density at radius 2 is 1.74 bits per heavy atom. The van der Waals surface area contributed by atoms with Crippen LogP contribution in [0.3, 0.4) is 0 Å². The quantitative estimate of drug-likeness (QED) is 0.342. The highest BCUT2D eigenvalue weighted by atomic mass is 19.4. The highest BCUT2D eigenvalue weighted by Crippen LogP contribution is 2.31. The van der Waals surface area contributed by atoms with E-state index in [1.165, 1.54) is 24.3 Å². The third kappa shape index (κ3) is 5.23. The second kappa shape index (κ2) is 9.69. The first-order chi connectivity index (χ1) is 16.7. The molecular weight excluding hydrogens is 464 g/mol. The summed E-state index contributed by atoms with van der Waals surface area (Å²) in [5.74, 6) is -1.84. The molecule has 180 valence electrons. The van der Waals surface area contributed by atoms with Gasteiger partial charge in [0.25, 0.3) is 5.91 Å². The molecule has 0 radical (unpaired) electrons. The Hall–Kier alpha value is -4.02. The van der Waals surface area contributed by atoms with Crippen LogP contribution in [-0.2, 0) is 12.7 Å². The molecule has 6 nitrogen and oxygen atoms in total. The predicted octanol–water partition coefficient (Wildman–Crippen LogP) is 4.82. The van der Waals surface area contributed by atoms with Crippen LogP contribution in [0.4, 0.5) is 23.2 Å². The Morgan fingerprint density at radius 1 is 1.00 bits per heavy atom. The van der Waals surface area contributed by atoms with Gasteiger partial charge in [0.1, 0.15) is 17.6 Å². The van der Waals surface area contributed by atoms with Crippen molar-refractivity contribution in [3.63, 3.8) is 0 Å². The predicted molar refractivity (Wildman–Crippen MR) is 121 cm³/mol. The number of hydrogen-bond acceptors (Lipinski definition) is 4. The molecule has 0 aliphatic carbocycles. The van der Waals surface area contributed by atoms with E-state index in [1.807, 2.05) is 0 Å². The summed E-state index contributed by atoms with van der Waals surface area (Å²) in [7, 11) is 0. The normalized spacial score (nSPS) is 12.4. The molecule has 0 fully saturated rings. The lowest BCUT2D eigenvalue weighted by Crippen LogP contribution is -2.18. The lowest BCUT2D eigenvalue weighted by atomic mass is 10.0. The number of rotatable bonds is 6. The topological polar surface area (TPSA) is 93.2 Å². The van der Waals surface area contributed by atoms with Crippen molar-refractivity contribution in [3.05, 3.63) is 113 Å². The fourth-order valence-electron chi connectivity index (χ4n) is 3.52. The van der Waals surface area contributed by atoms with Gasteiger partial charge in [-0.05, 0) is 41.0 Å². The number of anilines is 1. The second-order valence-electron chi connectivity index (χ2n) is 7.71. The molecule has 0 bridgehead atoms. The monoisotopic (exact) mass is 484 g/mol. The molecule has 1 atom stereocenters. The zero-order chi connectivity index (χ0) is 25.2. The van der Waals surface area contributed by atoms with E-state index in [9.17, 15) is 27.5 Å². The van der Waals surface area contributed by atoms with Crippen LogP contribution in [-0.4, -0.2) is 20.8 Å². The summed E-state index contributed by atoms with van der Waals surface area (Å²) in [4.78, 5) is 13.0. The molecule has 4 rings (SSSR count). The number of halogens is 4. The van der Waals surface area contributed by atoms with E-state index < -0.39 is 35.4 Å². The first kappa shape index (κ1) is 24.1. The van der Waals surface area contributed by atoms with Crippen molar-refractivity contribution in [2.24, 2.45) is 5.73 Å². The summed E-state index contributed by atoms with van der Waals surface area (Å²) in [5.41, 5.74) is 5.20. The maximum atomic E-state index is 14.5. The Morgan fingerprint density at radius 3 is 2.43 bits per heavy atom. The van der Waals surface area contributed by atoms with E-state index in [1.54, 1.807) is 42.5 Å². The maximum absolute atomic E-state index is 14.5. The van der Waals surface area contributed by atoms with Crippen LogP contribution < -0.4 is 11.1 Å². The summed E-state index contributed by atoms with van der Waals surface area (Å²) < 4.78 is 55.5. The number of amides is 1. The van der Waals surface area contributed by atoms with Gasteiger partial charge in [-0.3, -0.25) is 4.79 Å². The molecule has 0 spiro atoms. The van der Waals surface area contributed by atoms with E-state index in [-0.39, 0.29) is 23.5 Å². The lowest BCUT2D eigenvalue weighted by Gasteiger charge is -2.14. The summed E-state index contributed by atoms with van der Waals surface area (Å²) >= 11 is 0. The van der Waals surface area contributed by atoms with Gasteiger partial charge in [0.15, 0.2) is 5.69 Å². The minimum atomic E-state index is -4.81. The van der Waals surface area contributed by atoms with Gasteiger partial charge in [0.2, 0.25) is 0 Å². The minimum absolute atomic E-state index is 0.129. The van der Waals surface area contributed by atoms with Crippen molar-refractivity contribution in [1.29, 1.82) is 0 Å². The Balaban J connectivity index is 1.70. The van der Waals surface area contributed by atoms with Gasteiger partial charge in [-0.15, -0.1) is 0 Å². The molecule has 1 unspecified atom stereocenters. The Labute approximate surface area is 197 Å². The highest BCUT2D eigenvalue weighted by molar-refractivity contribution is 6.03. The standard InChI is InChI=1S/C25H20F4N4O2/c26-19-10-9-17(23(34)16-6-2-1-3-7-16)12-20(19)31-24(35)21-13-22(25(27,28)29)32-33(21)18-8-4-5-15(11-18)14-30/h1-13,23,34H,14,30H2,(H,31,35). The van der Waals surface area contributed by atoms with E-state index in [4.69, 9.17) is 5.73 Å². The average molecular weight is 484 g/mol. The summed E-state index contributed by atoms with van der Waals surface area (Å²) in [6, 6.07) is 19.0. The van der Waals surface area contributed by atoms with Crippen molar-refractivity contribution >= 4 is 11.6 Å². The number of aliphatic hydroxyl groups is 1. The number of aromatic nitrogens is 2. The number of benzene rings is 3. The zero-order valence-corrected chi connectivity index (χ0v) is 18.1. The number of hydrogen-bond donors (Lipinski definition) is 3. The summed E-state index contributed by atoms with van der Waals surface area (Å²) in [6.45, 7) is 0.129. The number of nitrogens with two attached hydrogens (primary N) is 1. The molecule has 0 saturated heterocycles. The van der Waals surface area contributed by atoms with Crippen molar-refractivity contribution < 1.29 is 27.5 Å². The molecule has 1 amide bonds. The number of carbonyl (C=O) groups excluding carboxylic acids is 1. The van der Waals surface area contributed by atoms with Crippen LogP contribution in [0.2, 0.25) is 0 Å². The second-order valence-corrected chi connectivity index (χ2v) is 7.71. The van der Waals surface area contributed by atoms with E-state index in [2.05, 4.69) is 10.4 Å². The highest BCUT2D eigenvalue weighted by Gasteiger charge is 2.36. The maximum Gasteiger partial charge on any atom is 0.435 e. The van der Waals surface area contributed by atoms with Crippen LogP contribution >= 0.6 is 0 Å². The zero-order valence-electron chi connectivity index (χ0n) is 18.1. The SMILES string of the molecule is NCc1cccc(-n2nc(C(F)(F)F)cc2C(=O)Nc2cc(C(O)c3ccccc3)ccc2F)c1. The third-order valence-corrected chi connectivity index (χ3v) is 5.29. The minimum Gasteiger partial charge on any atom is -0.384 e. The van der Waals surface area contributed by atoms with Gasteiger partial charge >= 0.3 is 6.18 Å². The van der Waals surface area contributed by atoms with Gasteiger partial charge in [-0.1, -0.05) is 48.5 Å². The molecule has 4 aromatic rings. The van der Waals surface area contributed by atoms with Gasteiger partial charge in [-0.2, -0.15) is 18.3 Å². The van der Waals surface area contributed by atoms with Gasteiger partial charge < -0.3 is 16.2 Å². The number of carbonyl (C=O) groups is 1. The molecule has 0 saturated carbocycles. The fourth-order valence-corrected chi connectivity index (χ4v) is 3.52. The summed E-state index contributed by atoms with van der Waals surface area (Å²) in [6.07, 6.45) is -5.91. The molecule has 35 heavy (non-hydrogen) atoms. The molecule has 1 heterocycles. The first-order valence-corrected chi connectivity index (χ1v) is 10.5. The smallest absolute Gasteiger partial charge is 0.384 e. The molecule has 4 N–H and O–H groups in total. The van der Waals surface area contributed by atoms with E-state index >= 15 is 0 Å². The number of nitrogens with zero attached hydrogens (tertiary/aromatic N) is 2. The molecule has 10 heteroatoms. The van der Waals surface area contributed by atoms with Crippen LogP contribution in [0.15, 0.2) is 78.9 Å². The first-order valence-electron chi connectivity index (χ1n) is 10.5. The van der Waals surface area contributed by atoms with Crippen molar-refractivity contribution in [2.75, 3.05) is 5.32 Å². The number of aliphatic hydroxyl groups excluding tert-OH is 1. The molecule has 0 aliphatic rings. The Kier molecular flexibility index (Phi) is 6.68. The van der Waals surface area contributed by atoms with Gasteiger partial charge in [0, 0.05) is 12.6 Å². The molecule has 0 aliphatic heterocycles. The van der Waals surface area contributed by atoms with Crippen molar-refractivity contribution in [1.82, 2.24) is 9.78 Å². The largest absolute Gasteiger partial charge is 0.435 e. The van der Waals surface area contributed by atoms with Crippen LogP contribution in [0, 0.1) is 5.82 Å². The summed E-state index contributed by atoms with van der Waals surface area (Å²) in [5, 5.41) is 16.5. The van der Waals surface area contributed by atoms with Crippen LogP contribution in [0.25, 0.3) is 5.69 Å². The van der Waals surface area contributed by atoms with E-state index in [0.29, 0.717) is 17.2 Å².